The van der Waals surface area contributed by atoms with Gasteiger partial charge in [-0.05, 0) is 43.2 Å². The number of aromatic nitrogens is 2. The van der Waals surface area contributed by atoms with Crippen molar-refractivity contribution in [2.24, 2.45) is 0 Å². The molecular weight excluding hydrogens is 380 g/mol. The van der Waals surface area contributed by atoms with Gasteiger partial charge in [-0.1, -0.05) is 37.5 Å². The van der Waals surface area contributed by atoms with Crippen LogP contribution in [0.1, 0.15) is 66.8 Å². The maximum atomic E-state index is 12.5. The summed E-state index contributed by atoms with van der Waals surface area (Å²) in [7, 11) is 0. The molecule has 160 valence electrons. The number of fused-ring (bicyclic) bond motifs is 1. The zero-order valence-corrected chi connectivity index (χ0v) is 15.6. The molecule has 2 aliphatic heterocycles. The first-order chi connectivity index (χ1) is 21.0. The van der Waals surface area contributed by atoms with Crippen molar-refractivity contribution < 1.29 is 32.8 Å². The summed E-state index contributed by atoms with van der Waals surface area (Å²) < 4.78 is 139. The molecule has 1 saturated heterocycles. The third-order valence-electron chi connectivity index (χ3n) is 4.20. The summed E-state index contributed by atoms with van der Waals surface area (Å²) in [5.41, 5.74) is 6.51. The lowest BCUT2D eigenvalue weighted by Crippen LogP contribution is -2.39. The number of nitrogens with one attached hydrogen (secondary N) is 1. The topological polar surface area (TPSA) is 96.6 Å². The molecule has 1 amide bonds. The van der Waals surface area contributed by atoms with Crippen LogP contribution in [0.5, 0.6) is 6.01 Å². The summed E-state index contributed by atoms with van der Waals surface area (Å²) in [5.74, 6) is -1.16. The first kappa shape index (κ1) is 8.34. The van der Waals surface area contributed by atoms with Crippen LogP contribution < -0.4 is 20.7 Å². The first-order valence-electron chi connectivity index (χ1n) is 17.3. The van der Waals surface area contributed by atoms with E-state index < -0.39 is 76.2 Å². The van der Waals surface area contributed by atoms with Gasteiger partial charge in [-0.25, -0.2) is 0 Å². The van der Waals surface area contributed by atoms with Crippen molar-refractivity contribution in [1.82, 2.24) is 14.9 Å². The number of nitrogens with zero attached hydrogens (tertiary/aromatic N) is 4. The number of nitrogens with two attached hydrogens (primary N) is 1. The second kappa shape index (κ2) is 9.30. The summed E-state index contributed by atoms with van der Waals surface area (Å²) in [4.78, 5) is 22.1. The fourth-order valence-electron chi connectivity index (χ4n) is 3.02. The van der Waals surface area contributed by atoms with Gasteiger partial charge >= 0.3 is 6.01 Å². The minimum Gasteiger partial charge on any atom is -0.463 e. The lowest BCUT2D eigenvalue weighted by molar-refractivity contribution is -0.115. The van der Waals surface area contributed by atoms with Crippen LogP contribution >= 0.6 is 0 Å². The quantitative estimate of drug-likeness (QED) is 0.668. The van der Waals surface area contributed by atoms with Gasteiger partial charge < -0.3 is 20.7 Å². The molecule has 1 fully saturated rings. The Balaban J connectivity index is 1.65. The number of likely N-dealkylation sites (tertiary alicyclic amines) is 1. The summed E-state index contributed by atoms with van der Waals surface area (Å²) in [5, 5.41) is 2.45. The average molecular weight is 428 g/mol. The van der Waals surface area contributed by atoms with Crippen LogP contribution in [0.4, 0.5) is 17.3 Å². The van der Waals surface area contributed by atoms with Crippen LogP contribution in [0.2, 0.25) is 0 Å². The number of amides is 1. The van der Waals surface area contributed by atoms with Crippen molar-refractivity contribution in [1.29, 1.82) is 0 Å². The van der Waals surface area contributed by atoms with Gasteiger partial charge in [-0.2, -0.15) is 9.97 Å². The molecule has 2 aliphatic rings. The van der Waals surface area contributed by atoms with E-state index in [4.69, 9.17) is 33.8 Å². The van der Waals surface area contributed by atoms with E-state index in [2.05, 4.69) is 15.3 Å². The second-order valence-electron chi connectivity index (χ2n) is 6.33. The number of carbonyl (C=O) groups is 1. The van der Waals surface area contributed by atoms with Crippen LogP contribution in [-0.2, 0) is 17.9 Å². The molecule has 30 heavy (non-hydrogen) atoms. The van der Waals surface area contributed by atoms with Crippen molar-refractivity contribution in [3.63, 3.8) is 0 Å². The Bertz CT molecular complexity index is 1540. The minimum atomic E-state index is -3.77. The predicted octanol–water partition coefficient (Wildman–Crippen LogP) is 2.79. The SMILES string of the molecule is [2H]C([2H])([2H])C([2H])([2H])C([2H])([2H])C([2H])([2H])Oc1nc(N)c2c(n1)N(Cc1cccc(CN3C([2H])([2H])C([2H])([2H])C([2H])([2H])C3([2H])[2H])c1)CC(=O)N2. The van der Waals surface area contributed by atoms with Gasteiger partial charge in [0.2, 0.25) is 5.91 Å². The second-order valence-corrected chi connectivity index (χ2v) is 6.33. The van der Waals surface area contributed by atoms with Crippen LogP contribution in [0.25, 0.3) is 0 Å². The van der Waals surface area contributed by atoms with Gasteiger partial charge in [-0.15, -0.1) is 0 Å². The van der Waals surface area contributed by atoms with E-state index in [1.165, 1.54) is 23.1 Å². The molecule has 8 heteroatoms. The maximum Gasteiger partial charge on any atom is 0.320 e. The molecule has 1 aromatic heterocycles. The van der Waals surface area contributed by atoms with Gasteiger partial charge in [0.1, 0.15) is 5.69 Å². The molecular formula is C22H30N6O2. The molecule has 3 heterocycles. The van der Waals surface area contributed by atoms with Crippen molar-refractivity contribution in [2.75, 3.05) is 42.0 Å². The maximum absolute atomic E-state index is 12.5. The van der Waals surface area contributed by atoms with E-state index in [0.717, 1.165) is 0 Å². The third-order valence-corrected chi connectivity index (χ3v) is 4.20. The molecule has 0 atom stereocenters. The lowest BCUT2D eigenvalue weighted by atomic mass is 10.1. The number of benzene rings is 1. The van der Waals surface area contributed by atoms with Gasteiger partial charge in [0.25, 0.3) is 0 Å². The fraction of sp³-hybridized carbons (Fsp3) is 0.500. The monoisotopic (exact) mass is 427 g/mol. The van der Waals surface area contributed by atoms with Gasteiger partial charge in [-0.3, -0.25) is 9.69 Å². The van der Waals surface area contributed by atoms with Crippen molar-refractivity contribution >= 4 is 23.2 Å². The van der Waals surface area contributed by atoms with Crippen molar-refractivity contribution in [2.45, 2.75) is 45.4 Å². The highest BCUT2D eigenvalue weighted by molar-refractivity contribution is 6.03. The third kappa shape index (κ3) is 4.81. The zero-order valence-electron chi connectivity index (χ0n) is 32.6. The molecule has 2 aromatic rings. The summed E-state index contributed by atoms with van der Waals surface area (Å²) >= 11 is 0. The van der Waals surface area contributed by atoms with Gasteiger partial charge in [0, 0.05) is 33.7 Å². The molecule has 8 nitrogen and oxygen atoms in total. The van der Waals surface area contributed by atoms with Crippen LogP contribution in [0.3, 0.4) is 0 Å². The number of rotatable bonds is 8. The van der Waals surface area contributed by atoms with Gasteiger partial charge in [0.15, 0.2) is 11.6 Å². The summed E-state index contributed by atoms with van der Waals surface area (Å²) in [6, 6.07) is 5.14. The molecule has 4 rings (SSSR count). The average Bonchev–Trinajstić information content (AvgIpc) is 2.97. The number of anilines is 3. The van der Waals surface area contributed by atoms with E-state index in [1.54, 1.807) is 6.07 Å². The van der Waals surface area contributed by atoms with E-state index >= 15 is 0 Å². The van der Waals surface area contributed by atoms with Crippen molar-refractivity contribution in [3.05, 3.63) is 35.4 Å². The smallest absolute Gasteiger partial charge is 0.320 e. The number of nitrogen functional groups attached to an aromatic ring is 1. The molecule has 0 aliphatic carbocycles. The molecule has 0 unspecified atom stereocenters. The van der Waals surface area contributed by atoms with E-state index in [0.29, 0.717) is 10.5 Å². The standard InChI is InChI=1S/C22H30N6O2/c1-2-3-11-30-22-25-20(23)19-21(26-22)28(15-18(29)24-19)14-17-8-6-7-16(12-17)13-27-9-4-5-10-27/h6-8,12H,2-5,9-11,13-15H2,1H3,(H,24,29)(H2,23,25,26)/i1D3,2D2,3D2,4D2,5D2,9D2,10D2,11D2. The van der Waals surface area contributed by atoms with Crippen LogP contribution in [0.15, 0.2) is 24.3 Å². The Morgan fingerprint density at radius 1 is 1.30 bits per heavy atom. The van der Waals surface area contributed by atoms with Crippen molar-refractivity contribution in [3.8, 4) is 6.01 Å². The number of hydrogen-bond acceptors (Lipinski definition) is 7. The highest BCUT2D eigenvalue weighted by Crippen LogP contribution is 2.34. The Morgan fingerprint density at radius 3 is 2.90 bits per heavy atom. The molecule has 0 radical (unpaired) electrons. The highest BCUT2D eigenvalue weighted by Gasteiger charge is 2.27. The number of hydrogen-bond donors (Lipinski definition) is 2. The lowest BCUT2D eigenvalue weighted by Gasteiger charge is -2.30. The van der Waals surface area contributed by atoms with Crippen LogP contribution in [0, 0.1) is 0 Å². The molecule has 1 aromatic carbocycles. The largest absolute Gasteiger partial charge is 0.463 e. The number of carbonyl (C=O) groups excluding carboxylic acids is 1. The minimum absolute atomic E-state index is 0.130. The predicted molar refractivity (Wildman–Crippen MR) is 117 cm³/mol. The van der Waals surface area contributed by atoms with E-state index in [1.807, 2.05) is 0 Å². The molecule has 0 saturated carbocycles. The summed E-state index contributed by atoms with van der Waals surface area (Å²) in [6.07, 6.45) is -13.9. The molecule has 0 spiro atoms. The summed E-state index contributed by atoms with van der Waals surface area (Å²) in [6.45, 7) is -14.4. The molecule has 3 N–H and O–H groups in total. The Labute approximate surface area is 201 Å². The van der Waals surface area contributed by atoms with Gasteiger partial charge in [0.05, 0.1) is 15.8 Å². The Hall–Kier alpha value is -2.87. The fourth-order valence-corrected chi connectivity index (χ4v) is 3.02. The van der Waals surface area contributed by atoms with E-state index in [-0.39, 0.29) is 30.2 Å². The Morgan fingerprint density at radius 2 is 2.10 bits per heavy atom. The molecule has 0 bridgehead atoms. The number of ether oxygens (including phenoxy) is 1. The first-order valence-corrected chi connectivity index (χ1v) is 8.80. The Kier molecular flexibility index (Phi) is 2.58. The highest BCUT2D eigenvalue weighted by atomic mass is 16.5. The normalized spacial score (nSPS) is 33.4. The van der Waals surface area contributed by atoms with Crippen LogP contribution in [-0.4, -0.2) is 46.9 Å². The van der Waals surface area contributed by atoms with E-state index in [9.17, 15) is 4.79 Å². The zero-order chi connectivity index (χ0) is 36.0.